The van der Waals surface area contributed by atoms with E-state index in [1.165, 1.54) is 6.07 Å². The van der Waals surface area contributed by atoms with Crippen molar-refractivity contribution in [3.05, 3.63) is 118 Å². The lowest BCUT2D eigenvalue weighted by atomic mass is 9.98. The second-order valence-electron chi connectivity index (χ2n) is 7.45. The van der Waals surface area contributed by atoms with E-state index < -0.39 is 5.91 Å². The Morgan fingerprint density at radius 3 is 2.32 bits per heavy atom. The highest BCUT2D eigenvalue weighted by Gasteiger charge is 2.23. The zero-order chi connectivity index (χ0) is 21.8. The Kier molecular flexibility index (Phi) is 5.76. The predicted molar refractivity (Wildman–Crippen MR) is 123 cm³/mol. The van der Waals surface area contributed by atoms with Crippen LogP contribution in [0.15, 0.2) is 90.0 Å². The van der Waals surface area contributed by atoms with Crippen LogP contribution in [0.3, 0.4) is 0 Å². The van der Waals surface area contributed by atoms with E-state index in [1.807, 2.05) is 73.0 Å². The standard InChI is InChI=1S/C26H23N3O2/c1-18-8-6-7-11-22(18)25-24(26(31)28-21-9-4-3-5-10-21)23(30)16-19(2)29(25)17-20-12-14-27-15-13-20/h3-16H,17H2,1-2H3,(H,28,31). The van der Waals surface area contributed by atoms with Gasteiger partial charge in [-0.25, -0.2) is 0 Å². The molecule has 0 saturated heterocycles. The highest BCUT2D eigenvalue weighted by Crippen LogP contribution is 2.28. The van der Waals surface area contributed by atoms with Crippen molar-refractivity contribution in [3.63, 3.8) is 0 Å². The first-order chi connectivity index (χ1) is 15.0. The number of aromatic nitrogens is 2. The maximum absolute atomic E-state index is 13.3. The molecule has 0 aliphatic heterocycles. The number of carbonyl (C=O) groups excluding carboxylic acids is 1. The molecule has 0 saturated carbocycles. The minimum absolute atomic E-state index is 0.137. The van der Waals surface area contributed by atoms with Gasteiger partial charge in [0.05, 0.1) is 5.69 Å². The normalized spacial score (nSPS) is 10.6. The van der Waals surface area contributed by atoms with Gasteiger partial charge in [-0.2, -0.15) is 0 Å². The number of para-hydroxylation sites is 1. The number of nitrogens with one attached hydrogen (secondary N) is 1. The summed E-state index contributed by atoms with van der Waals surface area (Å²) in [5.74, 6) is -0.419. The summed E-state index contributed by atoms with van der Waals surface area (Å²) in [6.07, 6.45) is 3.48. The minimum Gasteiger partial charge on any atom is -0.340 e. The molecule has 0 bridgehead atoms. The molecule has 1 amide bonds. The second-order valence-corrected chi connectivity index (χ2v) is 7.45. The highest BCUT2D eigenvalue weighted by atomic mass is 16.2. The number of carbonyl (C=O) groups is 1. The van der Waals surface area contributed by atoms with Crippen molar-refractivity contribution in [3.8, 4) is 11.3 Å². The van der Waals surface area contributed by atoms with Crippen molar-refractivity contribution in [2.75, 3.05) is 5.32 Å². The van der Waals surface area contributed by atoms with Gasteiger partial charge < -0.3 is 9.88 Å². The van der Waals surface area contributed by atoms with Gasteiger partial charge in [-0.3, -0.25) is 14.6 Å². The Labute approximate surface area is 181 Å². The van der Waals surface area contributed by atoms with Crippen LogP contribution in [0.1, 0.15) is 27.2 Å². The van der Waals surface area contributed by atoms with Crippen LogP contribution in [0.25, 0.3) is 11.3 Å². The van der Waals surface area contributed by atoms with Gasteiger partial charge in [-0.15, -0.1) is 0 Å². The van der Waals surface area contributed by atoms with Crippen LogP contribution in [0.5, 0.6) is 0 Å². The van der Waals surface area contributed by atoms with Gasteiger partial charge in [-0.1, -0.05) is 42.5 Å². The first kappa shape index (κ1) is 20.3. The van der Waals surface area contributed by atoms with E-state index >= 15 is 0 Å². The maximum Gasteiger partial charge on any atom is 0.261 e. The molecule has 0 aliphatic rings. The average Bonchev–Trinajstić information content (AvgIpc) is 2.77. The zero-order valence-electron chi connectivity index (χ0n) is 17.5. The molecule has 4 aromatic rings. The Bertz CT molecular complexity index is 1280. The molecule has 0 fully saturated rings. The van der Waals surface area contributed by atoms with E-state index in [9.17, 15) is 9.59 Å². The lowest BCUT2D eigenvalue weighted by Gasteiger charge is -2.21. The van der Waals surface area contributed by atoms with Crippen molar-refractivity contribution >= 4 is 11.6 Å². The third-order valence-electron chi connectivity index (χ3n) is 5.27. The monoisotopic (exact) mass is 409 g/mol. The van der Waals surface area contributed by atoms with Crippen LogP contribution in [0.4, 0.5) is 5.69 Å². The number of hydrogen-bond acceptors (Lipinski definition) is 3. The quantitative estimate of drug-likeness (QED) is 0.514. The van der Waals surface area contributed by atoms with Gasteiger partial charge in [0.2, 0.25) is 0 Å². The molecule has 0 atom stereocenters. The number of nitrogens with zero attached hydrogens (tertiary/aromatic N) is 2. The molecule has 1 N–H and O–H groups in total. The molecular weight excluding hydrogens is 386 g/mol. The smallest absolute Gasteiger partial charge is 0.261 e. The number of rotatable bonds is 5. The molecule has 0 unspecified atom stereocenters. The topological polar surface area (TPSA) is 64.0 Å². The summed E-state index contributed by atoms with van der Waals surface area (Å²) in [4.78, 5) is 30.5. The van der Waals surface area contributed by atoms with E-state index in [4.69, 9.17) is 0 Å². The summed E-state index contributed by atoms with van der Waals surface area (Å²) in [6.45, 7) is 4.39. The first-order valence-electron chi connectivity index (χ1n) is 10.1. The summed E-state index contributed by atoms with van der Waals surface area (Å²) in [6, 6.07) is 22.4. The fraction of sp³-hybridized carbons (Fsp3) is 0.115. The van der Waals surface area contributed by atoms with Crippen LogP contribution in [0, 0.1) is 13.8 Å². The van der Waals surface area contributed by atoms with E-state index in [0.29, 0.717) is 17.9 Å². The van der Waals surface area contributed by atoms with Crippen LogP contribution in [0.2, 0.25) is 0 Å². The van der Waals surface area contributed by atoms with Gasteiger partial charge in [0.25, 0.3) is 5.91 Å². The Morgan fingerprint density at radius 1 is 0.935 bits per heavy atom. The largest absolute Gasteiger partial charge is 0.340 e. The Hall–Kier alpha value is -3.99. The molecule has 0 spiro atoms. The Balaban J connectivity index is 1.93. The SMILES string of the molecule is Cc1ccccc1-c1c(C(=O)Nc2ccccc2)c(=O)cc(C)n1Cc1ccncc1. The molecule has 4 rings (SSSR count). The molecule has 0 radical (unpaired) electrons. The van der Waals surface area contributed by atoms with Crippen molar-refractivity contribution in [2.24, 2.45) is 0 Å². The zero-order valence-corrected chi connectivity index (χ0v) is 17.5. The van der Waals surface area contributed by atoms with Crippen molar-refractivity contribution < 1.29 is 4.79 Å². The summed E-state index contributed by atoms with van der Waals surface area (Å²) >= 11 is 0. The molecule has 2 aromatic carbocycles. The van der Waals surface area contributed by atoms with E-state index in [2.05, 4.69) is 10.3 Å². The van der Waals surface area contributed by atoms with Crippen LogP contribution < -0.4 is 10.7 Å². The molecule has 31 heavy (non-hydrogen) atoms. The van der Waals surface area contributed by atoms with E-state index in [0.717, 1.165) is 22.4 Å². The van der Waals surface area contributed by atoms with Gasteiger partial charge in [0.15, 0.2) is 5.43 Å². The van der Waals surface area contributed by atoms with E-state index in [-0.39, 0.29) is 11.0 Å². The minimum atomic E-state index is -0.419. The maximum atomic E-state index is 13.3. The lowest BCUT2D eigenvalue weighted by Crippen LogP contribution is -2.27. The van der Waals surface area contributed by atoms with Crippen LogP contribution >= 0.6 is 0 Å². The summed E-state index contributed by atoms with van der Waals surface area (Å²) in [5, 5.41) is 2.88. The third-order valence-corrected chi connectivity index (χ3v) is 5.27. The predicted octanol–water partition coefficient (Wildman–Crippen LogP) is 4.83. The number of hydrogen-bond donors (Lipinski definition) is 1. The van der Waals surface area contributed by atoms with Gasteiger partial charge >= 0.3 is 0 Å². The van der Waals surface area contributed by atoms with Gasteiger partial charge in [-0.05, 0) is 49.2 Å². The number of amides is 1. The summed E-state index contributed by atoms with van der Waals surface area (Å²) < 4.78 is 2.03. The number of anilines is 1. The van der Waals surface area contributed by atoms with Gasteiger partial charge in [0, 0.05) is 41.9 Å². The third kappa shape index (κ3) is 4.31. The van der Waals surface area contributed by atoms with Crippen molar-refractivity contribution in [1.82, 2.24) is 9.55 Å². The summed E-state index contributed by atoms with van der Waals surface area (Å²) in [7, 11) is 0. The molecule has 0 aliphatic carbocycles. The Morgan fingerprint density at radius 2 is 1.61 bits per heavy atom. The first-order valence-corrected chi connectivity index (χ1v) is 10.1. The second kappa shape index (κ2) is 8.79. The lowest BCUT2D eigenvalue weighted by molar-refractivity contribution is 0.102. The highest BCUT2D eigenvalue weighted by molar-refractivity contribution is 6.08. The molecule has 5 heteroatoms. The number of pyridine rings is 2. The average molecular weight is 409 g/mol. The van der Waals surface area contributed by atoms with Crippen LogP contribution in [-0.4, -0.2) is 15.5 Å². The van der Waals surface area contributed by atoms with E-state index in [1.54, 1.807) is 24.5 Å². The van der Waals surface area contributed by atoms with Crippen molar-refractivity contribution in [1.29, 1.82) is 0 Å². The molecule has 2 heterocycles. The van der Waals surface area contributed by atoms with Crippen LogP contribution in [-0.2, 0) is 6.54 Å². The van der Waals surface area contributed by atoms with Crippen molar-refractivity contribution in [2.45, 2.75) is 20.4 Å². The number of benzene rings is 2. The molecule has 5 nitrogen and oxygen atoms in total. The fourth-order valence-corrected chi connectivity index (χ4v) is 3.70. The number of aryl methyl sites for hydroxylation is 2. The molecular formula is C26H23N3O2. The van der Waals surface area contributed by atoms with Gasteiger partial charge in [0.1, 0.15) is 5.56 Å². The summed E-state index contributed by atoms with van der Waals surface area (Å²) in [5.41, 5.74) is 4.77. The molecule has 2 aromatic heterocycles. The molecule has 154 valence electrons. The fourth-order valence-electron chi connectivity index (χ4n) is 3.70.